The molecule has 0 atom stereocenters. The highest BCUT2D eigenvalue weighted by Gasteiger charge is 2.04. The maximum Gasteiger partial charge on any atom is 0.155 e. The second kappa shape index (κ2) is 1.65. The zero-order chi connectivity index (χ0) is 6.10. The summed E-state index contributed by atoms with van der Waals surface area (Å²) in [6, 6.07) is 0. The van der Waals surface area contributed by atoms with E-state index in [1.807, 2.05) is 0 Å². The molecule has 0 fully saturated rings. The second-order valence-electron chi connectivity index (χ2n) is 1.95. The SMILES string of the molecule is C1=CCn2nnnc2C1. The van der Waals surface area contributed by atoms with E-state index in [2.05, 4.69) is 27.7 Å². The van der Waals surface area contributed by atoms with Crippen molar-refractivity contribution in [2.45, 2.75) is 13.0 Å². The number of allylic oxidation sites excluding steroid dienone is 2. The van der Waals surface area contributed by atoms with Crippen LogP contribution in [-0.4, -0.2) is 20.2 Å². The summed E-state index contributed by atoms with van der Waals surface area (Å²) in [5, 5.41) is 11.1. The molecule has 0 N–H and O–H groups in total. The Balaban J connectivity index is 2.46. The summed E-state index contributed by atoms with van der Waals surface area (Å²) in [7, 11) is 0. The fraction of sp³-hybridized carbons (Fsp3) is 0.400. The molecule has 1 aromatic heterocycles. The zero-order valence-corrected chi connectivity index (χ0v) is 4.86. The Hall–Kier alpha value is -1.19. The highest BCUT2D eigenvalue weighted by Crippen LogP contribution is 2.00. The van der Waals surface area contributed by atoms with E-state index in [4.69, 9.17) is 0 Å². The minimum Gasteiger partial charge on any atom is -0.225 e. The number of nitrogens with zero attached hydrogens (tertiary/aromatic N) is 4. The molecule has 0 saturated heterocycles. The lowest BCUT2D eigenvalue weighted by molar-refractivity contribution is 0.624. The fourth-order valence-corrected chi connectivity index (χ4v) is 0.874. The quantitative estimate of drug-likeness (QED) is 0.447. The Morgan fingerprint density at radius 1 is 1.44 bits per heavy atom. The third-order valence-electron chi connectivity index (χ3n) is 1.35. The van der Waals surface area contributed by atoms with Crippen molar-refractivity contribution in [3.05, 3.63) is 18.0 Å². The third-order valence-corrected chi connectivity index (χ3v) is 1.35. The molecular formula is C5H6N4. The van der Waals surface area contributed by atoms with Crippen molar-refractivity contribution in [3.63, 3.8) is 0 Å². The largest absolute Gasteiger partial charge is 0.225 e. The molecule has 2 rings (SSSR count). The van der Waals surface area contributed by atoms with Crippen molar-refractivity contribution in [2.24, 2.45) is 0 Å². The molecule has 4 heteroatoms. The van der Waals surface area contributed by atoms with E-state index >= 15 is 0 Å². The van der Waals surface area contributed by atoms with Crippen molar-refractivity contribution in [1.82, 2.24) is 20.2 Å². The van der Waals surface area contributed by atoms with Crippen LogP contribution < -0.4 is 0 Å². The Kier molecular flexibility index (Phi) is 0.855. The van der Waals surface area contributed by atoms with Gasteiger partial charge in [0.1, 0.15) is 0 Å². The van der Waals surface area contributed by atoms with Crippen molar-refractivity contribution < 1.29 is 0 Å². The Morgan fingerprint density at radius 3 is 3.33 bits per heavy atom. The molecule has 46 valence electrons. The van der Waals surface area contributed by atoms with Crippen LogP contribution in [0.2, 0.25) is 0 Å². The smallest absolute Gasteiger partial charge is 0.155 e. The zero-order valence-electron chi connectivity index (χ0n) is 4.86. The maximum atomic E-state index is 3.81. The molecule has 2 heterocycles. The Labute approximate surface area is 52.2 Å². The van der Waals surface area contributed by atoms with Gasteiger partial charge < -0.3 is 0 Å². The van der Waals surface area contributed by atoms with Crippen molar-refractivity contribution in [1.29, 1.82) is 0 Å². The summed E-state index contributed by atoms with van der Waals surface area (Å²) >= 11 is 0. The average Bonchev–Trinajstić information content (AvgIpc) is 2.33. The molecule has 0 spiro atoms. The fourth-order valence-electron chi connectivity index (χ4n) is 0.874. The van der Waals surface area contributed by atoms with Crippen LogP contribution in [0.25, 0.3) is 0 Å². The predicted octanol–water partition coefficient (Wildman–Crippen LogP) is -0.215. The van der Waals surface area contributed by atoms with Gasteiger partial charge in [-0.25, -0.2) is 4.68 Å². The van der Waals surface area contributed by atoms with Crippen molar-refractivity contribution in [3.8, 4) is 0 Å². The number of hydrogen-bond donors (Lipinski definition) is 0. The normalized spacial score (nSPS) is 15.6. The van der Waals surface area contributed by atoms with E-state index in [-0.39, 0.29) is 0 Å². The minimum atomic E-state index is 0.822. The van der Waals surface area contributed by atoms with Crippen LogP contribution in [0.3, 0.4) is 0 Å². The lowest BCUT2D eigenvalue weighted by Gasteiger charge is -2.01. The average molecular weight is 122 g/mol. The standard InChI is InChI=1S/C5H6N4/c1-2-4-9-5(3-1)6-7-8-9/h1-2H,3-4H2. The number of tetrazole rings is 1. The van der Waals surface area contributed by atoms with Gasteiger partial charge in [0.15, 0.2) is 5.82 Å². The first-order chi connectivity index (χ1) is 4.47. The van der Waals surface area contributed by atoms with Gasteiger partial charge in [-0.05, 0) is 10.4 Å². The van der Waals surface area contributed by atoms with Crippen LogP contribution >= 0.6 is 0 Å². The van der Waals surface area contributed by atoms with Gasteiger partial charge in [-0.1, -0.05) is 12.2 Å². The number of rotatable bonds is 0. The monoisotopic (exact) mass is 122 g/mol. The van der Waals surface area contributed by atoms with Crippen LogP contribution in [-0.2, 0) is 13.0 Å². The molecule has 0 saturated carbocycles. The molecular weight excluding hydrogens is 116 g/mol. The Bertz CT molecular complexity index is 214. The molecule has 0 bridgehead atoms. The van der Waals surface area contributed by atoms with Crippen LogP contribution in [0.4, 0.5) is 0 Å². The number of hydrogen-bond acceptors (Lipinski definition) is 3. The second-order valence-corrected chi connectivity index (χ2v) is 1.95. The summed E-state index contributed by atoms with van der Waals surface area (Å²) < 4.78 is 1.79. The van der Waals surface area contributed by atoms with Gasteiger partial charge in [-0.2, -0.15) is 0 Å². The summed E-state index contributed by atoms with van der Waals surface area (Å²) in [5.41, 5.74) is 0. The first-order valence-corrected chi connectivity index (χ1v) is 2.87. The highest BCUT2D eigenvalue weighted by atomic mass is 15.5. The summed E-state index contributed by atoms with van der Waals surface area (Å²) in [4.78, 5) is 0. The first-order valence-electron chi connectivity index (χ1n) is 2.87. The summed E-state index contributed by atoms with van der Waals surface area (Å²) in [6.07, 6.45) is 5.00. The van der Waals surface area contributed by atoms with Gasteiger partial charge in [-0.15, -0.1) is 5.10 Å². The minimum absolute atomic E-state index is 0.822. The maximum absolute atomic E-state index is 3.81. The van der Waals surface area contributed by atoms with Gasteiger partial charge >= 0.3 is 0 Å². The van der Waals surface area contributed by atoms with Crippen LogP contribution in [0, 0.1) is 0 Å². The van der Waals surface area contributed by atoms with Crippen molar-refractivity contribution >= 4 is 0 Å². The van der Waals surface area contributed by atoms with Gasteiger partial charge in [0.05, 0.1) is 6.54 Å². The van der Waals surface area contributed by atoms with Gasteiger partial charge in [0, 0.05) is 6.42 Å². The number of fused-ring (bicyclic) bond motifs is 1. The molecule has 4 nitrogen and oxygen atoms in total. The summed E-state index contributed by atoms with van der Waals surface area (Å²) in [6.45, 7) is 0.822. The molecule has 0 radical (unpaired) electrons. The Morgan fingerprint density at radius 2 is 2.44 bits per heavy atom. The van der Waals surface area contributed by atoms with E-state index in [0.717, 1.165) is 18.8 Å². The van der Waals surface area contributed by atoms with Crippen LogP contribution in [0.5, 0.6) is 0 Å². The van der Waals surface area contributed by atoms with Gasteiger partial charge in [-0.3, -0.25) is 0 Å². The third kappa shape index (κ3) is 0.630. The lowest BCUT2D eigenvalue weighted by Crippen LogP contribution is -2.07. The molecule has 1 aliphatic rings. The predicted molar refractivity (Wildman–Crippen MR) is 30.7 cm³/mol. The van der Waals surface area contributed by atoms with Gasteiger partial charge in [0.25, 0.3) is 0 Å². The van der Waals surface area contributed by atoms with Gasteiger partial charge in [0.2, 0.25) is 0 Å². The molecule has 1 aliphatic heterocycles. The molecule has 0 unspecified atom stereocenters. The van der Waals surface area contributed by atoms with E-state index < -0.39 is 0 Å². The van der Waals surface area contributed by atoms with E-state index in [1.54, 1.807) is 4.68 Å². The molecule has 9 heavy (non-hydrogen) atoms. The van der Waals surface area contributed by atoms with Crippen LogP contribution in [0.1, 0.15) is 5.82 Å². The summed E-state index contributed by atoms with van der Waals surface area (Å²) in [5.74, 6) is 0.956. The van der Waals surface area contributed by atoms with E-state index in [0.29, 0.717) is 0 Å². The molecule has 1 aromatic rings. The van der Waals surface area contributed by atoms with Crippen LogP contribution in [0.15, 0.2) is 12.2 Å². The molecule has 0 aromatic carbocycles. The van der Waals surface area contributed by atoms with E-state index in [1.165, 1.54) is 0 Å². The lowest BCUT2D eigenvalue weighted by atomic mass is 10.3. The van der Waals surface area contributed by atoms with E-state index in [9.17, 15) is 0 Å². The topological polar surface area (TPSA) is 43.6 Å². The molecule has 0 aliphatic carbocycles. The molecule has 0 amide bonds. The highest BCUT2D eigenvalue weighted by molar-refractivity contribution is 4.99. The number of aromatic nitrogens is 4. The van der Waals surface area contributed by atoms with Crippen molar-refractivity contribution in [2.75, 3.05) is 0 Å². The first kappa shape index (κ1) is 4.67.